The molecule has 0 heterocycles. The van der Waals surface area contributed by atoms with Crippen LogP contribution < -0.4 is 4.74 Å². The van der Waals surface area contributed by atoms with Gasteiger partial charge in [0.15, 0.2) is 0 Å². The minimum atomic E-state index is -1.12. The molecule has 0 aliphatic carbocycles. The highest BCUT2D eigenvalue weighted by Gasteiger charge is 2.18. The minimum absolute atomic E-state index is 0.182. The van der Waals surface area contributed by atoms with Crippen LogP contribution in [0.15, 0.2) is 66.7 Å². The molecule has 3 aromatic carbocycles. The summed E-state index contributed by atoms with van der Waals surface area (Å²) in [6.07, 6.45) is 12.2. The molecule has 38 heavy (non-hydrogen) atoms. The summed E-state index contributed by atoms with van der Waals surface area (Å²) in [5.74, 6) is -0.179. The van der Waals surface area contributed by atoms with Crippen molar-refractivity contribution in [2.75, 3.05) is 6.61 Å². The number of carbonyl (C=O) groups is 1. The van der Waals surface area contributed by atoms with E-state index in [0.29, 0.717) is 18.6 Å². The predicted octanol–water partition coefficient (Wildman–Crippen LogP) is 10.4. The van der Waals surface area contributed by atoms with E-state index in [1.807, 2.05) is 55.5 Å². The largest absolute Gasteiger partial charge is 0.494 e. The van der Waals surface area contributed by atoms with Crippen molar-refractivity contribution in [3.8, 4) is 28.0 Å². The lowest BCUT2D eigenvalue weighted by atomic mass is 9.88. The highest BCUT2D eigenvalue weighted by Crippen LogP contribution is 2.38. The smallest absolute Gasteiger partial charge is 0.335 e. The molecule has 0 aromatic heterocycles. The molecule has 3 nitrogen and oxygen atoms in total. The van der Waals surface area contributed by atoms with E-state index in [2.05, 4.69) is 6.92 Å². The number of rotatable bonds is 17. The minimum Gasteiger partial charge on any atom is -0.494 e. The molecule has 3 aromatic rings. The third-order valence-electron chi connectivity index (χ3n) is 7.15. The maximum absolute atomic E-state index is 14.8. The van der Waals surface area contributed by atoms with Crippen molar-refractivity contribution in [2.24, 2.45) is 0 Å². The molecule has 0 aliphatic rings. The molecule has 0 amide bonds. The van der Waals surface area contributed by atoms with Crippen molar-refractivity contribution in [3.63, 3.8) is 0 Å². The lowest BCUT2D eigenvalue weighted by Crippen LogP contribution is -2.00. The second-order valence-corrected chi connectivity index (χ2v) is 10.1. The van der Waals surface area contributed by atoms with Crippen molar-refractivity contribution < 1.29 is 19.0 Å². The molecular formula is C34H43FO3. The molecule has 0 bridgehead atoms. The van der Waals surface area contributed by atoms with Crippen LogP contribution in [0.4, 0.5) is 4.39 Å². The third-order valence-corrected chi connectivity index (χ3v) is 7.15. The summed E-state index contributed by atoms with van der Waals surface area (Å²) < 4.78 is 20.8. The molecule has 4 heteroatoms. The van der Waals surface area contributed by atoms with Crippen LogP contribution in [0, 0.1) is 0 Å². The molecule has 204 valence electrons. The number of ether oxygens (including phenoxy) is 1. The van der Waals surface area contributed by atoms with Crippen LogP contribution in [0.3, 0.4) is 0 Å². The summed E-state index contributed by atoms with van der Waals surface area (Å²) in [5.41, 5.74) is 4.01. The molecule has 0 saturated carbocycles. The van der Waals surface area contributed by atoms with E-state index in [1.54, 1.807) is 18.2 Å². The third kappa shape index (κ3) is 8.72. The van der Waals surface area contributed by atoms with E-state index < -0.39 is 12.1 Å². The number of alkyl halides is 1. The van der Waals surface area contributed by atoms with E-state index in [0.717, 1.165) is 34.4 Å². The van der Waals surface area contributed by atoms with Crippen molar-refractivity contribution in [1.82, 2.24) is 0 Å². The molecule has 0 spiro atoms. The Morgan fingerprint density at radius 2 is 1.39 bits per heavy atom. The van der Waals surface area contributed by atoms with Crippen LogP contribution in [0.5, 0.6) is 5.75 Å². The highest BCUT2D eigenvalue weighted by atomic mass is 19.1. The van der Waals surface area contributed by atoms with E-state index in [1.165, 1.54) is 57.8 Å². The molecule has 3 rings (SSSR count). The van der Waals surface area contributed by atoms with E-state index in [4.69, 9.17) is 4.74 Å². The second-order valence-electron chi connectivity index (χ2n) is 10.1. The summed E-state index contributed by atoms with van der Waals surface area (Å²) in [4.78, 5) is 11.7. The van der Waals surface area contributed by atoms with Crippen LogP contribution in [0.1, 0.15) is 107 Å². The molecule has 0 saturated heterocycles. The Morgan fingerprint density at radius 1 is 0.763 bits per heavy atom. The van der Waals surface area contributed by atoms with Crippen LogP contribution >= 0.6 is 0 Å². The first-order valence-electron chi connectivity index (χ1n) is 14.4. The fraction of sp³-hybridized carbons (Fsp3) is 0.441. The van der Waals surface area contributed by atoms with Crippen molar-refractivity contribution in [2.45, 2.75) is 90.6 Å². The highest BCUT2D eigenvalue weighted by molar-refractivity contribution is 5.94. The Hall–Kier alpha value is -3.14. The van der Waals surface area contributed by atoms with Crippen LogP contribution in [0.2, 0.25) is 0 Å². The molecule has 0 aliphatic heterocycles. The summed E-state index contributed by atoms with van der Waals surface area (Å²) in [6, 6.07) is 20.3. The van der Waals surface area contributed by atoms with Gasteiger partial charge in [-0.15, -0.1) is 0 Å². The fourth-order valence-corrected chi connectivity index (χ4v) is 4.90. The van der Waals surface area contributed by atoms with Gasteiger partial charge in [0, 0.05) is 0 Å². The van der Waals surface area contributed by atoms with Gasteiger partial charge in [-0.25, -0.2) is 9.18 Å². The standard InChI is InChI=1S/C34H43FO3/c1-3-5-6-7-8-9-10-11-12-15-24-38-28-21-18-26(19-22-28)29-23-20-27(34(36)37)25-32(29)30-16-13-14-17-31(30)33(35)4-2/h13-14,16-23,25,33H,3-12,15,24H2,1-2H3,(H,36,37)/t33-/m1/s1. The Bertz CT molecular complexity index is 1120. The zero-order valence-electron chi connectivity index (χ0n) is 23.1. The van der Waals surface area contributed by atoms with Crippen LogP contribution in [-0.4, -0.2) is 17.7 Å². The Morgan fingerprint density at radius 3 is 2.03 bits per heavy atom. The molecule has 0 fully saturated rings. The van der Waals surface area contributed by atoms with Crippen LogP contribution in [0.25, 0.3) is 22.3 Å². The first kappa shape index (κ1) is 29.4. The summed E-state index contributed by atoms with van der Waals surface area (Å²) in [5, 5.41) is 9.59. The molecular weight excluding hydrogens is 475 g/mol. The van der Waals surface area contributed by atoms with Crippen molar-refractivity contribution in [1.29, 1.82) is 0 Å². The Kier molecular flexibility index (Phi) is 12.4. The first-order chi connectivity index (χ1) is 18.5. The molecule has 1 atom stereocenters. The summed E-state index contributed by atoms with van der Waals surface area (Å²) in [6.45, 7) is 4.77. The Labute approximate surface area is 228 Å². The van der Waals surface area contributed by atoms with Gasteiger partial charge in [-0.3, -0.25) is 0 Å². The monoisotopic (exact) mass is 518 g/mol. The zero-order chi connectivity index (χ0) is 27.2. The van der Waals surface area contributed by atoms with E-state index >= 15 is 0 Å². The van der Waals surface area contributed by atoms with Gasteiger partial charge in [0.25, 0.3) is 0 Å². The van der Waals surface area contributed by atoms with Gasteiger partial charge in [-0.1, -0.05) is 114 Å². The van der Waals surface area contributed by atoms with E-state index in [-0.39, 0.29) is 5.56 Å². The van der Waals surface area contributed by atoms with Gasteiger partial charge in [0.1, 0.15) is 11.9 Å². The van der Waals surface area contributed by atoms with E-state index in [9.17, 15) is 14.3 Å². The average molecular weight is 519 g/mol. The zero-order valence-corrected chi connectivity index (χ0v) is 23.1. The van der Waals surface area contributed by atoms with Gasteiger partial charge in [-0.2, -0.15) is 0 Å². The topological polar surface area (TPSA) is 46.5 Å². The number of carboxylic acids is 1. The fourth-order valence-electron chi connectivity index (χ4n) is 4.90. The molecule has 1 N–H and O–H groups in total. The lowest BCUT2D eigenvalue weighted by Gasteiger charge is -2.17. The van der Waals surface area contributed by atoms with Crippen LogP contribution in [-0.2, 0) is 0 Å². The van der Waals surface area contributed by atoms with Gasteiger partial charge < -0.3 is 9.84 Å². The quantitative estimate of drug-likeness (QED) is 0.181. The maximum atomic E-state index is 14.8. The number of halogens is 1. The normalized spacial score (nSPS) is 11.9. The number of benzene rings is 3. The van der Waals surface area contributed by atoms with Gasteiger partial charge in [0.2, 0.25) is 0 Å². The Balaban J connectivity index is 1.62. The van der Waals surface area contributed by atoms with Gasteiger partial charge in [-0.05, 0) is 64.9 Å². The number of hydrogen-bond acceptors (Lipinski definition) is 2. The van der Waals surface area contributed by atoms with Crippen molar-refractivity contribution in [3.05, 3.63) is 77.9 Å². The SMILES string of the molecule is CCCCCCCCCCCCOc1ccc(-c2ccc(C(=O)O)cc2-c2ccccc2[C@H](F)CC)cc1. The number of unbranched alkanes of at least 4 members (excludes halogenated alkanes) is 9. The summed E-state index contributed by atoms with van der Waals surface area (Å²) in [7, 11) is 0. The number of hydrogen-bond donors (Lipinski definition) is 1. The second kappa shape index (κ2) is 16.0. The summed E-state index contributed by atoms with van der Waals surface area (Å²) >= 11 is 0. The molecule has 0 radical (unpaired) electrons. The first-order valence-corrected chi connectivity index (χ1v) is 14.4. The maximum Gasteiger partial charge on any atom is 0.335 e. The predicted molar refractivity (Wildman–Crippen MR) is 156 cm³/mol. The van der Waals surface area contributed by atoms with Crippen molar-refractivity contribution >= 4 is 5.97 Å². The number of carboxylic acid groups (broad SMARTS) is 1. The van der Waals surface area contributed by atoms with Gasteiger partial charge in [0.05, 0.1) is 12.2 Å². The number of aromatic carboxylic acids is 1. The van der Waals surface area contributed by atoms with Gasteiger partial charge >= 0.3 is 5.97 Å². The average Bonchev–Trinajstić information content (AvgIpc) is 2.95. The lowest BCUT2D eigenvalue weighted by molar-refractivity contribution is 0.0697. The molecule has 0 unspecified atom stereocenters.